The summed E-state index contributed by atoms with van der Waals surface area (Å²) in [6.07, 6.45) is 1.39. The fourth-order valence-electron chi connectivity index (χ4n) is 0.968. The molecule has 0 rings (SSSR count). The Balaban J connectivity index is 3.35. The lowest BCUT2D eigenvalue weighted by atomic mass is 10.1. The smallest absolute Gasteiger partial charge is 0.245 e. The lowest BCUT2D eigenvalue weighted by Crippen LogP contribution is -2.35. The van der Waals surface area contributed by atoms with Crippen molar-refractivity contribution in [3.8, 4) is 0 Å². The minimum Gasteiger partial charge on any atom is -0.387 e. The highest BCUT2D eigenvalue weighted by Gasteiger charge is 2.02. The van der Waals surface area contributed by atoms with E-state index < -0.39 is 12.5 Å². The Kier molecular flexibility index (Phi) is 7.62. The standard InChI is InChI=1S/C10H20N2O3/c1-8(2)3-4-9(14)11-5-6-12-10(15)7-13/h8,13H,3-7H2,1-2H3,(H,11,14)(H,12,15). The van der Waals surface area contributed by atoms with Crippen LogP contribution in [0, 0.1) is 5.92 Å². The second-order valence-electron chi connectivity index (χ2n) is 3.79. The van der Waals surface area contributed by atoms with E-state index in [0.29, 0.717) is 25.4 Å². The predicted molar refractivity (Wildman–Crippen MR) is 57.2 cm³/mol. The maximum absolute atomic E-state index is 11.2. The number of rotatable bonds is 7. The molecule has 0 aromatic heterocycles. The van der Waals surface area contributed by atoms with Crippen molar-refractivity contribution in [1.82, 2.24) is 10.6 Å². The molecule has 0 fully saturated rings. The molecule has 2 amide bonds. The summed E-state index contributed by atoms with van der Waals surface area (Å²) in [4.78, 5) is 21.8. The van der Waals surface area contributed by atoms with Crippen LogP contribution >= 0.6 is 0 Å². The highest BCUT2D eigenvalue weighted by molar-refractivity contribution is 5.77. The summed E-state index contributed by atoms with van der Waals surface area (Å²) in [5, 5.41) is 13.5. The quantitative estimate of drug-likeness (QED) is 0.509. The van der Waals surface area contributed by atoms with E-state index in [-0.39, 0.29) is 5.91 Å². The molecule has 15 heavy (non-hydrogen) atoms. The summed E-state index contributed by atoms with van der Waals surface area (Å²) >= 11 is 0. The van der Waals surface area contributed by atoms with E-state index in [9.17, 15) is 9.59 Å². The van der Waals surface area contributed by atoms with Crippen molar-refractivity contribution >= 4 is 11.8 Å². The van der Waals surface area contributed by atoms with Crippen LogP contribution in [-0.4, -0.2) is 36.6 Å². The number of aliphatic hydroxyl groups is 1. The third-order valence-electron chi connectivity index (χ3n) is 1.86. The monoisotopic (exact) mass is 216 g/mol. The van der Waals surface area contributed by atoms with Crippen molar-refractivity contribution in [3.63, 3.8) is 0 Å². The SMILES string of the molecule is CC(C)CCC(=O)NCCNC(=O)CO. The molecule has 0 heterocycles. The molecule has 0 spiro atoms. The van der Waals surface area contributed by atoms with Crippen molar-refractivity contribution in [2.24, 2.45) is 5.92 Å². The Morgan fingerprint density at radius 2 is 1.67 bits per heavy atom. The molecular weight excluding hydrogens is 196 g/mol. The summed E-state index contributed by atoms with van der Waals surface area (Å²) < 4.78 is 0. The van der Waals surface area contributed by atoms with Gasteiger partial charge in [-0.1, -0.05) is 13.8 Å². The van der Waals surface area contributed by atoms with E-state index in [2.05, 4.69) is 24.5 Å². The lowest BCUT2D eigenvalue weighted by molar-refractivity contribution is -0.124. The van der Waals surface area contributed by atoms with Gasteiger partial charge in [-0.15, -0.1) is 0 Å². The van der Waals surface area contributed by atoms with Gasteiger partial charge in [0.25, 0.3) is 0 Å². The average Bonchev–Trinajstić information content (AvgIpc) is 2.21. The molecule has 0 atom stereocenters. The van der Waals surface area contributed by atoms with Gasteiger partial charge in [-0.25, -0.2) is 0 Å². The molecule has 0 radical (unpaired) electrons. The van der Waals surface area contributed by atoms with Crippen molar-refractivity contribution in [3.05, 3.63) is 0 Å². The van der Waals surface area contributed by atoms with Gasteiger partial charge in [-0.3, -0.25) is 9.59 Å². The first-order valence-corrected chi connectivity index (χ1v) is 5.20. The Hall–Kier alpha value is -1.10. The number of hydrogen-bond acceptors (Lipinski definition) is 3. The predicted octanol–water partition coefficient (Wildman–Crippen LogP) is -0.353. The van der Waals surface area contributed by atoms with Crippen LogP contribution in [0.4, 0.5) is 0 Å². The van der Waals surface area contributed by atoms with E-state index >= 15 is 0 Å². The van der Waals surface area contributed by atoms with Crippen molar-refractivity contribution in [1.29, 1.82) is 0 Å². The number of carbonyl (C=O) groups is 2. The average molecular weight is 216 g/mol. The zero-order valence-electron chi connectivity index (χ0n) is 9.38. The molecule has 5 nitrogen and oxygen atoms in total. The van der Waals surface area contributed by atoms with Crippen LogP contribution in [0.15, 0.2) is 0 Å². The van der Waals surface area contributed by atoms with Gasteiger partial charge in [0.2, 0.25) is 11.8 Å². The number of amides is 2. The van der Waals surface area contributed by atoms with Crippen LogP contribution in [0.1, 0.15) is 26.7 Å². The molecule has 5 heteroatoms. The lowest BCUT2D eigenvalue weighted by Gasteiger charge is -2.07. The molecular formula is C10H20N2O3. The first kappa shape index (κ1) is 13.9. The maximum Gasteiger partial charge on any atom is 0.245 e. The van der Waals surface area contributed by atoms with E-state index in [0.717, 1.165) is 6.42 Å². The topological polar surface area (TPSA) is 78.4 Å². The highest BCUT2D eigenvalue weighted by atomic mass is 16.3. The molecule has 0 aromatic rings. The van der Waals surface area contributed by atoms with Crippen LogP contribution in [-0.2, 0) is 9.59 Å². The van der Waals surface area contributed by atoms with Gasteiger partial charge < -0.3 is 15.7 Å². The minimum atomic E-state index is -0.513. The largest absolute Gasteiger partial charge is 0.387 e. The van der Waals surface area contributed by atoms with E-state index in [1.807, 2.05) is 0 Å². The molecule has 0 aromatic carbocycles. The molecule has 0 saturated carbocycles. The van der Waals surface area contributed by atoms with Crippen LogP contribution in [0.5, 0.6) is 0 Å². The molecule has 0 aliphatic carbocycles. The fourth-order valence-corrected chi connectivity index (χ4v) is 0.968. The summed E-state index contributed by atoms with van der Waals surface area (Å²) in [6.45, 7) is 4.38. The number of nitrogens with one attached hydrogen (secondary N) is 2. The highest BCUT2D eigenvalue weighted by Crippen LogP contribution is 2.02. The summed E-state index contributed by atoms with van der Waals surface area (Å²) in [7, 11) is 0. The first-order chi connectivity index (χ1) is 7.06. The molecule has 88 valence electrons. The Bertz CT molecular complexity index is 205. The Morgan fingerprint density at radius 1 is 1.13 bits per heavy atom. The third kappa shape index (κ3) is 9.21. The second kappa shape index (κ2) is 8.23. The molecule has 0 bridgehead atoms. The molecule has 0 saturated heterocycles. The Morgan fingerprint density at radius 3 is 2.13 bits per heavy atom. The van der Waals surface area contributed by atoms with Gasteiger partial charge >= 0.3 is 0 Å². The van der Waals surface area contributed by atoms with Crippen LogP contribution in [0.25, 0.3) is 0 Å². The number of aliphatic hydroxyl groups excluding tert-OH is 1. The van der Waals surface area contributed by atoms with Crippen molar-refractivity contribution in [2.45, 2.75) is 26.7 Å². The number of hydrogen-bond donors (Lipinski definition) is 3. The van der Waals surface area contributed by atoms with Crippen molar-refractivity contribution in [2.75, 3.05) is 19.7 Å². The molecule has 0 aliphatic rings. The summed E-state index contributed by atoms with van der Waals surface area (Å²) in [5.74, 6) is 0.0956. The van der Waals surface area contributed by atoms with Gasteiger partial charge in [-0.2, -0.15) is 0 Å². The van der Waals surface area contributed by atoms with Crippen molar-refractivity contribution < 1.29 is 14.7 Å². The van der Waals surface area contributed by atoms with Crippen LogP contribution < -0.4 is 10.6 Å². The Labute approximate surface area is 90.2 Å². The third-order valence-corrected chi connectivity index (χ3v) is 1.86. The van der Waals surface area contributed by atoms with Gasteiger partial charge in [-0.05, 0) is 12.3 Å². The van der Waals surface area contributed by atoms with E-state index in [1.54, 1.807) is 0 Å². The number of carbonyl (C=O) groups excluding carboxylic acids is 2. The van der Waals surface area contributed by atoms with Gasteiger partial charge in [0, 0.05) is 19.5 Å². The van der Waals surface area contributed by atoms with Gasteiger partial charge in [0.1, 0.15) is 6.61 Å². The van der Waals surface area contributed by atoms with Gasteiger partial charge in [0.05, 0.1) is 0 Å². The second-order valence-corrected chi connectivity index (χ2v) is 3.79. The van der Waals surface area contributed by atoms with E-state index in [4.69, 9.17) is 5.11 Å². The van der Waals surface area contributed by atoms with Crippen LogP contribution in [0.2, 0.25) is 0 Å². The maximum atomic E-state index is 11.2. The summed E-state index contributed by atoms with van der Waals surface area (Å²) in [6, 6.07) is 0. The zero-order valence-corrected chi connectivity index (χ0v) is 9.38. The van der Waals surface area contributed by atoms with Crippen LogP contribution in [0.3, 0.4) is 0 Å². The zero-order chi connectivity index (χ0) is 11.7. The first-order valence-electron chi connectivity index (χ1n) is 5.20. The minimum absolute atomic E-state index is 0.00180. The molecule has 0 aliphatic heterocycles. The fraction of sp³-hybridized carbons (Fsp3) is 0.800. The van der Waals surface area contributed by atoms with E-state index in [1.165, 1.54) is 0 Å². The molecule has 3 N–H and O–H groups in total. The molecule has 0 unspecified atom stereocenters. The normalized spacial score (nSPS) is 10.1. The van der Waals surface area contributed by atoms with Gasteiger partial charge in [0.15, 0.2) is 0 Å². The summed E-state index contributed by atoms with van der Waals surface area (Å²) in [5.41, 5.74) is 0.